The molecule has 0 saturated carbocycles. The van der Waals surface area contributed by atoms with Gasteiger partial charge in [0, 0.05) is 17.7 Å². The number of benzene rings is 3. The first-order valence-electron chi connectivity index (χ1n) is 9.69. The van der Waals surface area contributed by atoms with Gasteiger partial charge in [-0.25, -0.2) is 9.37 Å². The molecule has 0 radical (unpaired) electrons. The number of aromatic nitrogens is 1. The fourth-order valence-corrected chi connectivity index (χ4v) is 3.29. The second kappa shape index (κ2) is 8.87. The number of nitrogens with zero attached hydrogens (tertiary/aromatic N) is 1. The lowest BCUT2D eigenvalue weighted by Gasteiger charge is -2.11. The minimum atomic E-state index is -0.308. The maximum absolute atomic E-state index is 13.9. The molecule has 7 heteroatoms. The number of hydrogen-bond acceptors (Lipinski definition) is 5. The Morgan fingerprint density at radius 3 is 2.65 bits per heavy atom. The molecule has 0 fully saturated rings. The van der Waals surface area contributed by atoms with Gasteiger partial charge >= 0.3 is 0 Å². The maximum atomic E-state index is 13.9. The van der Waals surface area contributed by atoms with Crippen LogP contribution in [0.4, 0.5) is 4.39 Å². The normalized spacial score (nSPS) is 10.8. The van der Waals surface area contributed by atoms with Crippen molar-refractivity contribution in [3.8, 4) is 11.5 Å². The summed E-state index contributed by atoms with van der Waals surface area (Å²) in [6.45, 7) is 0.270. The average Bonchev–Trinajstić information content (AvgIpc) is 3.20. The average molecular weight is 420 g/mol. The Bertz CT molecular complexity index is 1240. The van der Waals surface area contributed by atoms with Crippen molar-refractivity contribution in [3.05, 3.63) is 89.1 Å². The van der Waals surface area contributed by atoms with Gasteiger partial charge in [0.15, 0.2) is 11.5 Å². The number of halogens is 1. The van der Waals surface area contributed by atoms with E-state index in [-0.39, 0.29) is 24.7 Å². The minimum absolute atomic E-state index is 0.235. The van der Waals surface area contributed by atoms with Crippen molar-refractivity contribution >= 4 is 17.0 Å². The fraction of sp³-hybridized carbons (Fsp3) is 0.167. The summed E-state index contributed by atoms with van der Waals surface area (Å²) in [6, 6.07) is 16.9. The van der Waals surface area contributed by atoms with E-state index >= 15 is 0 Å². The quantitative estimate of drug-likeness (QED) is 0.476. The Hall–Kier alpha value is -3.87. The molecule has 4 rings (SSSR count). The molecule has 1 heterocycles. The molecule has 1 aromatic heterocycles. The molecular formula is C24H21FN2O4. The van der Waals surface area contributed by atoms with E-state index < -0.39 is 0 Å². The molecule has 0 unspecified atom stereocenters. The van der Waals surface area contributed by atoms with Gasteiger partial charge in [-0.05, 0) is 48.0 Å². The largest absolute Gasteiger partial charge is 0.497 e. The van der Waals surface area contributed by atoms with E-state index in [0.29, 0.717) is 39.6 Å². The lowest BCUT2D eigenvalue weighted by atomic mass is 10.1. The van der Waals surface area contributed by atoms with Gasteiger partial charge in [-0.1, -0.05) is 18.2 Å². The van der Waals surface area contributed by atoms with E-state index in [0.717, 1.165) is 5.56 Å². The molecule has 6 nitrogen and oxygen atoms in total. The summed E-state index contributed by atoms with van der Waals surface area (Å²) >= 11 is 0. The number of rotatable bonds is 7. The Labute approximate surface area is 178 Å². The second-order valence-electron chi connectivity index (χ2n) is 6.92. The van der Waals surface area contributed by atoms with Crippen LogP contribution in [0, 0.1) is 5.82 Å². The highest BCUT2D eigenvalue weighted by Gasteiger charge is 2.13. The summed E-state index contributed by atoms with van der Waals surface area (Å²) in [6.07, 6.45) is 0.235. The lowest BCUT2D eigenvalue weighted by molar-refractivity contribution is 0.0950. The van der Waals surface area contributed by atoms with Crippen LogP contribution in [0.5, 0.6) is 11.5 Å². The van der Waals surface area contributed by atoms with Crippen molar-refractivity contribution < 1.29 is 23.1 Å². The van der Waals surface area contributed by atoms with Crippen LogP contribution in [0.1, 0.15) is 27.4 Å². The molecule has 0 aliphatic rings. The first kappa shape index (κ1) is 20.4. The predicted molar refractivity (Wildman–Crippen MR) is 114 cm³/mol. The van der Waals surface area contributed by atoms with Gasteiger partial charge in [0.1, 0.15) is 22.8 Å². The molecule has 1 N–H and O–H groups in total. The SMILES string of the molecule is COc1ccc(OC)c(CNC(=O)c2ccc3nc(Cc4ccccc4F)oc3c2)c1. The second-order valence-corrected chi connectivity index (χ2v) is 6.92. The summed E-state index contributed by atoms with van der Waals surface area (Å²) in [5, 5.41) is 2.87. The molecule has 0 spiro atoms. The Morgan fingerprint density at radius 1 is 1.03 bits per heavy atom. The molecule has 1 amide bonds. The molecule has 0 atom stereocenters. The zero-order valence-corrected chi connectivity index (χ0v) is 17.1. The number of fused-ring (bicyclic) bond motifs is 1. The predicted octanol–water partition coefficient (Wildman–Crippen LogP) is 4.50. The molecule has 4 aromatic rings. The Balaban J connectivity index is 1.49. The summed E-state index contributed by atoms with van der Waals surface area (Å²) in [5.74, 6) is 1.15. The fourth-order valence-electron chi connectivity index (χ4n) is 3.29. The van der Waals surface area contributed by atoms with E-state index in [1.54, 1.807) is 62.8 Å². The molecule has 158 valence electrons. The van der Waals surface area contributed by atoms with Crippen molar-refractivity contribution in [2.24, 2.45) is 0 Å². The molecule has 3 aromatic carbocycles. The van der Waals surface area contributed by atoms with E-state index in [1.165, 1.54) is 6.07 Å². The molecule has 0 aliphatic heterocycles. The monoisotopic (exact) mass is 420 g/mol. The number of nitrogens with one attached hydrogen (secondary N) is 1. The summed E-state index contributed by atoms with van der Waals surface area (Å²) < 4.78 is 30.2. The van der Waals surface area contributed by atoms with Crippen molar-refractivity contribution in [3.63, 3.8) is 0 Å². The molecule has 31 heavy (non-hydrogen) atoms. The highest BCUT2D eigenvalue weighted by molar-refractivity contribution is 5.97. The maximum Gasteiger partial charge on any atom is 0.251 e. The first-order valence-corrected chi connectivity index (χ1v) is 9.69. The standard InChI is InChI=1S/C24H21FN2O4/c1-29-18-8-10-21(30-2)17(11-18)14-26-24(28)16-7-9-20-22(12-16)31-23(27-20)13-15-5-3-4-6-19(15)25/h3-12H,13-14H2,1-2H3,(H,26,28). The van der Waals surface area contributed by atoms with Gasteiger partial charge in [0.05, 0.1) is 20.6 Å². The van der Waals surface area contributed by atoms with Crippen LogP contribution in [0.15, 0.2) is 65.1 Å². The van der Waals surface area contributed by atoms with Crippen LogP contribution < -0.4 is 14.8 Å². The van der Waals surface area contributed by atoms with E-state index in [1.807, 2.05) is 6.07 Å². The van der Waals surface area contributed by atoms with Gasteiger partial charge in [-0.15, -0.1) is 0 Å². The van der Waals surface area contributed by atoms with E-state index in [2.05, 4.69) is 10.3 Å². The molecule has 0 bridgehead atoms. The topological polar surface area (TPSA) is 73.6 Å². The number of methoxy groups -OCH3 is 2. The highest BCUT2D eigenvalue weighted by atomic mass is 19.1. The minimum Gasteiger partial charge on any atom is -0.497 e. The first-order chi connectivity index (χ1) is 15.1. The van der Waals surface area contributed by atoms with Gasteiger partial charge < -0.3 is 19.2 Å². The zero-order valence-electron chi connectivity index (χ0n) is 17.1. The zero-order chi connectivity index (χ0) is 21.8. The molecular weight excluding hydrogens is 399 g/mol. The van der Waals surface area contributed by atoms with Crippen LogP contribution >= 0.6 is 0 Å². The van der Waals surface area contributed by atoms with Gasteiger partial charge in [-0.3, -0.25) is 4.79 Å². The van der Waals surface area contributed by atoms with Gasteiger partial charge in [0.2, 0.25) is 0 Å². The molecule has 0 aliphatic carbocycles. The summed E-state index contributed by atoms with van der Waals surface area (Å²) in [4.78, 5) is 17.1. The number of carbonyl (C=O) groups excluding carboxylic acids is 1. The van der Waals surface area contributed by atoms with Crippen molar-refractivity contribution in [2.75, 3.05) is 14.2 Å². The van der Waals surface area contributed by atoms with E-state index in [4.69, 9.17) is 13.9 Å². The van der Waals surface area contributed by atoms with Crippen LogP contribution in [-0.4, -0.2) is 25.1 Å². The van der Waals surface area contributed by atoms with Crippen molar-refractivity contribution in [1.29, 1.82) is 0 Å². The van der Waals surface area contributed by atoms with Crippen LogP contribution in [0.2, 0.25) is 0 Å². The van der Waals surface area contributed by atoms with Crippen molar-refractivity contribution in [1.82, 2.24) is 10.3 Å². The number of carbonyl (C=O) groups is 1. The number of amides is 1. The van der Waals surface area contributed by atoms with Crippen LogP contribution in [-0.2, 0) is 13.0 Å². The summed E-state index contributed by atoms with van der Waals surface area (Å²) in [7, 11) is 3.15. The van der Waals surface area contributed by atoms with Crippen molar-refractivity contribution in [2.45, 2.75) is 13.0 Å². The summed E-state index contributed by atoms with van der Waals surface area (Å²) in [5.41, 5.74) is 2.81. The van der Waals surface area contributed by atoms with E-state index in [9.17, 15) is 9.18 Å². The third-order valence-electron chi connectivity index (χ3n) is 4.92. The lowest BCUT2D eigenvalue weighted by Crippen LogP contribution is -2.23. The Morgan fingerprint density at radius 2 is 1.87 bits per heavy atom. The number of ether oxygens (including phenoxy) is 2. The highest BCUT2D eigenvalue weighted by Crippen LogP contribution is 2.24. The van der Waals surface area contributed by atoms with Crippen LogP contribution in [0.25, 0.3) is 11.1 Å². The molecule has 0 saturated heterocycles. The Kier molecular flexibility index (Phi) is 5.84. The third-order valence-corrected chi connectivity index (χ3v) is 4.92. The van der Waals surface area contributed by atoms with Crippen LogP contribution in [0.3, 0.4) is 0 Å². The number of hydrogen-bond donors (Lipinski definition) is 1. The van der Waals surface area contributed by atoms with Gasteiger partial charge in [0.25, 0.3) is 5.91 Å². The smallest absolute Gasteiger partial charge is 0.251 e. The third kappa shape index (κ3) is 4.50. The number of oxazole rings is 1. The van der Waals surface area contributed by atoms with Gasteiger partial charge in [-0.2, -0.15) is 0 Å².